The first-order valence-electron chi connectivity index (χ1n) is 5.95. The maximum atomic E-state index is 11.7. The van der Waals surface area contributed by atoms with Crippen LogP contribution < -0.4 is 0 Å². The van der Waals surface area contributed by atoms with Gasteiger partial charge in [-0.05, 0) is 25.2 Å². The third-order valence-corrected chi connectivity index (χ3v) is 4.25. The molecule has 3 atom stereocenters. The van der Waals surface area contributed by atoms with Gasteiger partial charge < -0.3 is 7.58 Å². The van der Waals surface area contributed by atoms with E-state index in [-0.39, 0.29) is 23.8 Å². The normalized spacial score (nSPS) is 34.2. The third kappa shape index (κ3) is 2.41. The van der Waals surface area contributed by atoms with Crippen LogP contribution in [-0.2, 0) is 17.2 Å². The highest BCUT2D eigenvalue weighted by Gasteiger charge is 2.43. The lowest BCUT2D eigenvalue weighted by molar-refractivity contribution is -0.148. The van der Waals surface area contributed by atoms with Gasteiger partial charge in [0.15, 0.2) is 0 Å². The first kappa shape index (κ1) is 11.9. The second-order valence-corrected chi connectivity index (χ2v) is 5.31. The first-order chi connectivity index (χ1) is 7.72. The van der Waals surface area contributed by atoms with Gasteiger partial charge in [0.25, 0.3) is 11.9 Å². The van der Waals surface area contributed by atoms with Gasteiger partial charge in [0.05, 0.1) is 11.8 Å². The Labute approximate surface area is 102 Å². The van der Waals surface area contributed by atoms with Crippen molar-refractivity contribution in [3.05, 3.63) is 0 Å². The number of rotatable bonds is 2. The molecule has 0 N–H and O–H groups in total. The van der Waals surface area contributed by atoms with E-state index in [4.69, 9.17) is 7.58 Å². The Hall–Kier alpha value is -0.528. The molecule has 1 heterocycles. The van der Waals surface area contributed by atoms with E-state index in [0.717, 1.165) is 32.1 Å². The Morgan fingerprint density at radius 1 is 1.19 bits per heavy atom. The molecule has 87 valence electrons. The molecule has 0 aromatic rings. The van der Waals surface area contributed by atoms with Gasteiger partial charge >= 0.3 is 15.9 Å². The Kier molecular flexibility index (Phi) is 3.88. The number of carbonyl (C=O) groups is 2. The van der Waals surface area contributed by atoms with E-state index in [1.807, 2.05) is 0 Å². The van der Waals surface area contributed by atoms with Crippen LogP contribution in [0.3, 0.4) is 0 Å². The molecule has 5 heteroatoms. The van der Waals surface area contributed by atoms with Crippen molar-refractivity contribution >= 4 is 27.8 Å². The Morgan fingerprint density at radius 2 is 1.88 bits per heavy atom. The fourth-order valence-electron chi connectivity index (χ4n) is 2.76. The number of hydrogen-bond acceptors (Lipinski definition) is 4. The van der Waals surface area contributed by atoms with E-state index >= 15 is 0 Å². The summed E-state index contributed by atoms with van der Waals surface area (Å²) in [5.74, 6) is -0.351. The largest absolute Gasteiger partial charge is 0.885 e. The van der Waals surface area contributed by atoms with Crippen molar-refractivity contribution in [1.29, 1.82) is 0 Å². The van der Waals surface area contributed by atoms with Crippen molar-refractivity contribution in [1.82, 2.24) is 0 Å². The molecule has 0 spiro atoms. The maximum Gasteiger partial charge on any atom is 0.885 e. The third-order valence-electron chi connectivity index (χ3n) is 3.59. The van der Waals surface area contributed by atoms with E-state index in [9.17, 15) is 9.59 Å². The maximum absolute atomic E-state index is 11.7. The van der Waals surface area contributed by atoms with Crippen molar-refractivity contribution in [2.45, 2.75) is 39.0 Å². The van der Waals surface area contributed by atoms with E-state index < -0.39 is 15.9 Å². The predicted molar refractivity (Wildman–Crippen MR) is 57.2 cm³/mol. The summed E-state index contributed by atoms with van der Waals surface area (Å²) >= 11 is -0.924. The average molecular weight is 239 g/mol. The summed E-state index contributed by atoms with van der Waals surface area (Å²) in [5, 5.41) is 0. The number of carbonyl (C=O) groups excluding carboxylic acids is 2. The second-order valence-electron chi connectivity index (χ2n) is 4.65. The summed E-state index contributed by atoms with van der Waals surface area (Å²) < 4.78 is 9.91. The Bertz CT molecular complexity index is 292. The molecule has 1 saturated carbocycles. The highest BCUT2D eigenvalue weighted by atomic mass is 27.2. The molecule has 2 rings (SSSR count). The Balaban J connectivity index is 2.07. The minimum atomic E-state index is -0.924. The van der Waals surface area contributed by atoms with Crippen LogP contribution in [0, 0.1) is 17.8 Å². The van der Waals surface area contributed by atoms with Crippen molar-refractivity contribution < 1.29 is 17.2 Å². The quantitative estimate of drug-likeness (QED) is 0.684. The number of hydrogen-bond donors (Lipinski definition) is 0. The summed E-state index contributed by atoms with van der Waals surface area (Å²) in [7, 11) is 0. The average Bonchev–Trinajstić information content (AvgIpc) is 2.41. The monoisotopic (exact) mass is 239 g/mol. The van der Waals surface area contributed by atoms with Crippen LogP contribution in [0.4, 0.5) is 0 Å². The molecule has 0 aromatic heterocycles. The molecule has 1 saturated heterocycles. The summed E-state index contributed by atoms with van der Waals surface area (Å²) in [6.07, 6.45) is 4.88. The molecule has 3 unspecified atom stereocenters. The zero-order valence-electron chi connectivity index (χ0n) is 9.48. The van der Waals surface area contributed by atoms with E-state index in [1.165, 1.54) is 0 Å². The molecule has 1 radical (unpaired) electrons. The van der Waals surface area contributed by atoms with Gasteiger partial charge in [-0.15, -0.1) is 0 Å². The molecule has 16 heavy (non-hydrogen) atoms. The van der Waals surface area contributed by atoms with Crippen molar-refractivity contribution in [3.63, 3.8) is 0 Å². The van der Waals surface area contributed by atoms with Crippen molar-refractivity contribution in [2.24, 2.45) is 17.8 Å². The number of fused-ring (bicyclic) bond motifs is 1. The second kappa shape index (κ2) is 5.20. The van der Waals surface area contributed by atoms with Gasteiger partial charge in [-0.25, -0.2) is 0 Å². The fourth-order valence-corrected chi connectivity index (χ4v) is 3.35. The van der Waals surface area contributed by atoms with Crippen LogP contribution >= 0.6 is 0 Å². The smallest absolute Gasteiger partial charge is 0.589 e. The molecule has 0 aromatic carbocycles. The standard InChI is InChI=1S/C11H18O4.Al/c1-2-3-7-4-5-8(10(12)13)9(6-7)11(14)15;/h7-9H,2-6H2,1H3,(H,12,13)(H,14,15);/q;+2/p-2. The zero-order chi connectivity index (χ0) is 11.5. The van der Waals surface area contributed by atoms with Gasteiger partial charge in [0, 0.05) is 0 Å². The lowest BCUT2D eigenvalue weighted by atomic mass is 9.73. The van der Waals surface area contributed by atoms with Gasteiger partial charge in [-0.1, -0.05) is 19.8 Å². The molecule has 2 fully saturated rings. The Morgan fingerprint density at radius 3 is 2.56 bits per heavy atom. The molecule has 1 aliphatic heterocycles. The van der Waals surface area contributed by atoms with Crippen LogP contribution in [0.15, 0.2) is 0 Å². The zero-order valence-corrected chi connectivity index (χ0v) is 10.6. The summed E-state index contributed by atoms with van der Waals surface area (Å²) in [4.78, 5) is 23.3. The first-order valence-corrected chi connectivity index (χ1v) is 6.89. The molecular weight excluding hydrogens is 223 g/mol. The molecular formula is C11H16AlO4. The summed E-state index contributed by atoms with van der Waals surface area (Å²) in [6.45, 7) is 2.15. The van der Waals surface area contributed by atoms with Crippen molar-refractivity contribution in [3.8, 4) is 0 Å². The van der Waals surface area contributed by atoms with Crippen molar-refractivity contribution in [2.75, 3.05) is 0 Å². The minimum Gasteiger partial charge on any atom is -0.589 e. The molecule has 4 nitrogen and oxygen atoms in total. The van der Waals surface area contributed by atoms with Crippen LogP contribution in [0.25, 0.3) is 0 Å². The molecule has 0 amide bonds. The summed E-state index contributed by atoms with van der Waals surface area (Å²) in [5.41, 5.74) is 0. The molecule has 1 aliphatic carbocycles. The van der Waals surface area contributed by atoms with Crippen LogP contribution in [-0.4, -0.2) is 27.8 Å². The predicted octanol–water partition coefficient (Wildman–Crippen LogP) is 1.45. The summed E-state index contributed by atoms with van der Waals surface area (Å²) in [6, 6.07) is 0. The molecule has 2 aliphatic rings. The van der Waals surface area contributed by atoms with Gasteiger partial charge in [-0.2, -0.15) is 0 Å². The van der Waals surface area contributed by atoms with E-state index in [0.29, 0.717) is 5.92 Å². The SMILES string of the molecule is CCCC1CCC2C(=O)[O][Al][O]C(=O)C2C1. The van der Waals surface area contributed by atoms with Crippen LogP contribution in [0.1, 0.15) is 39.0 Å². The van der Waals surface area contributed by atoms with Gasteiger partial charge in [0.2, 0.25) is 0 Å². The van der Waals surface area contributed by atoms with E-state index in [1.54, 1.807) is 0 Å². The van der Waals surface area contributed by atoms with Crippen LogP contribution in [0.2, 0.25) is 0 Å². The lowest BCUT2D eigenvalue weighted by Gasteiger charge is -2.32. The molecule has 0 bridgehead atoms. The fraction of sp³-hybridized carbons (Fsp3) is 0.818. The highest BCUT2D eigenvalue weighted by Crippen LogP contribution is 2.38. The lowest BCUT2D eigenvalue weighted by Crippen LogP contribution is -2.34. The topological polar surface area (TPSA) is 52.6 Å². The minimum absolute atomic E-state index is 0.216. The van der Waals surface area contributed by atoms with Gasteiger partial charge in [-0.3, -0.25) is 9.59 Å². The van der Waals surface area contributed by atoms with Crippen LogP contribution in [0.5, 0.6) is 0 Å². The highest BCUT2D eigenvalue weighted by molar-refractivity contribution is 6.27. The van der Waals surface area contributed by atoms with Gasteiger partial charge in [0.1, 0.15) is 0 Å². The van der Waals surface area contributed by atoms with E-state index in [2.05, 4.69) is 6.92 Å².